The Morgan fingerprint density at radius 1 is 1.60 bits per heavy atom. The number of anilines is 1. The summed E-state index contributed by atoms with van der Waals surface area (Å²) in [5.41, 5.74) is -0.299. The molecule has 1 heterocycles. The van der Waals surface area contributed by atoms with Gasteiger partial charge in [0.25, 0.3) is 12.1 Å². The molecule has 0 aliphatic rings. The fraction of sp³-hybridized carbons (Fsp3) is 0.286. The summed E-state index contributed by atoms with van der Waals surface area (Å²) in [4.78, 5) is 13.3. The maximum atomic E-state index is 11.8. The van der Waals surface area contributed by atoms with Crippen LogP contribution in [0.25, 0.3) is 0 Å². The standard InChI is InChI=1S/C7H6ClF2N3O2/c8-5-1-4(13(14)15)2-7(12-5)11-3-6(9)10/h1-2,6H,3H2,(H,11,12). The highest BCUT2D eigenvalue weighted by atomic mass is 35.5. The Hall–Kier alpha value is -1.50. The molecular weight excluding hydrogens is 232 g/mol. The van der Waals surface area contributed by atoms with Gasteiger partial charge >= 0.3 is 0 Å². The molecule has 0 aliphatic carbocycles. The third kappa shape index (κ3) is 3.62. The van der Waals surface area contributed by atoms with Gasteiger partial charge in [-0.25, -0.2) is 13.8 Å². The molecule has 1 N–H and O–H groups in total. The van der Waals surface area contributed by atoms with Crippen molar-refractivity contribution in [3.05, 3.63) is 27.4 Å². The highest BCUT2D eigenvalue weighted by Gasteiger charge is 2.11. The van der Waals surface area contributed by atoms with E-state index in [0.717, 1.165) is 12.1 Å². The van der Waals surface area contributed by atoms with Crippen LogP contribution in [0.3, 0.4) is 0 Å². The SMILES string of the molecule is O=[N+]([O-])c1cc(Cl)nc(NCC(F)F)c1. The van der Waals surface area contributed by atoms with Crippen LogP contribution in [0.15, 0.2) is 12.1 Å². The van der Waals surface area contributed by atoms with Gasteiger partial charge in [-0.2, -0.15) is 0 Å². The van der Waals surface area contributed by atoms with Crippen molar-refractivity contribution in [3.63, 3.8) is 0 Å². The molecule has 0 amide bonds. The number of alkyl halides is 2. The number of nitrogens with one attached hydrogen (secondary N) is 1. The second-order valence-electron chi connectivity index (χ2n) is 2.56. The van der Waals surface area contributed by atoms with Crippen molar-refractivity contribution in [2.24, 2.45) is 0 Å². The third-order valence-corrected chi connectivity index (χ3v) is 1.62. The van der Waals surface area contributed by atoms with Crippen LogP contribution < -0.4 is 5.32 Å². The Bertz CT molecular complexity index is 375. The molecule has 15 heavy (non-hydrogen) atoms. The molecule has 0 unspecified atom stereocenters. The minimum atomic E-state index is -2.56. The predicted molar refractivity (Wildman–Crippen MR) is 50.4 cm³/mol. The van der Waals surface area contributed by atoms with Crippen LogP contribution in [0.4, 0.5) is 20.3 Å². The summed E-state index contributed by atoms with van der Waals surface area (Å²) < 4.78 is 23.6. The molecule has 8 heteroatoms. The fourth-order valence-electron chi connectivity index (χ4n) is 0.861. The Morgan fingerprint density at radius 2 is 2.27 bits per heavy atom. The first-order valence-corrected chi connectivity index (χ1v) is 4.21. The zero-order valence-corrected chi connectivity index (χ0v) is 8.04. The lowest BCUT2D eigenvalue weighted by atomic mass is 10.4. The summed E-state index contributed by atoms with van der Waals surface area (Å²) in [5, 5.41) is 12.5. The summed E-state index contributed by atoms with van der Waals surface area (Å²) in [6.45, 7) is -0.634. The van der Waals surface area contributed by atoms with Gasteiger partial charge in [-0.1, -0.05) is 11.6 Å². The first-order valence-electron chi connectivity index (χ1n) is 3.83. The van der Waals surface area contributed by atoms with Crippen LogP contribution in [0, 0.1) is 10.1 Å². The maximum absolute atomic E-state index is 11.8. The molecule has 1 aromatic heterocycles. The van der Waals surface area contributed by atoms with Gasteiger partial charge in [0.05, 0.1) is 23.6 Å². The average Bonchev–Trinajstić information content (AvgIpc) is 2.13. The first-order chi connectivity index (χ1) is 6.99. The van der Waals surface area contributed by atoms with E-state index in [1.807, 2.05) is 0 Å². The zero-order valence-electron chi connectivity index (χ0n) is 7.28. The van der Waals surface area contributed by atoms with Gasteiger partial charge in [-0.3, -0.25) is 10.1 Å². The van der Waals surface area contributed by atoms with Crippen LogP contribution in [0.1, 0.15) is 0 Å². The lowest BCUT2D eigenvalue weighted by molar-refractivity contribution is -0.384. The Labute approximate surface area is 88.2 Å². The van der Waals surface area contributed by atoms with Crippen molar-refractivity contribution >= 4 is 23.1 Å². The summed E-state index contributed by atoms with van der Waals surface area (Å²) in [7, 11) is 0. The minimum absolute atomic E-state index is 0.0468. The van der Waals surface area contributed by atoms with Crippen molar-refractivity contribution in [3.8, 4) is 0 Å². The summed E-state index contributed by atoms with van der Waals surface area (Å²) in [6, 6.07) is 2.07. The molecule has 1 aromatic rings. The quantitative estimate of drug-likeness (QED) is 0.496. The van der Waals surface area contributed by atoms with Gasteiger partial charge in [0.15, 0.2) is 0 Å². The number of hydrogen-bond acceptors (Lipinski definition) is 4. The van der Waals surface area contributed by atoms with E-state index in [-0.39, 0.29) is 16.7 Å². The average molecular weight is 238 g/mol. The van der Waals surface area contributed by atoms with Crippen LogP contribution in [0.2, 0.25) is 5.15 Å². The summed E-state index contributed by atoms with van der Waals surface area (Å²) in [5.74, 6) is -0.0468. The largest absolute Gasteiger partial charge is 0.364 e. The number of rotatable bonds is 4. The second-order valence-corrected chi connectivity index (χ2v) is 2.95. The maximum Gasteiger partial charge on any atom is 0.276 e. The van der Waals surface area contributed by atoms with Crippen LogP contribution in [-0.4, -0.2) is 22.9 Å². The van der Waals surface area contributed by atoms with Crippen molar-refractivity contribution in [1.82, 2.24) is 4.98 Å². The van der Waals surface area contributed by atoms with E-state index in [1.54, 1.807) is 0 Å². The molecule has 0 radical (unpaired) electrons. The fourth-order valence-corrected chi connectivity index (χ4v) is 1.06. The van der Waals surface area contributed by atoms with E-state index in [9.17, 15) is 18.9 Å². The number of nitrogens with zero attached hydrogens (tertiary/aromatic N) is 2. The van der Waals surface area contributed by atoms with E-state index in [1.165, 1.54) is 0 Å². The minimum Gasteiger partial charge on any atom is -0.364 e. The van der Waals surface area contributed by atoms with Gasteiger partial charge in [-0.15, -0.1) is 0 Å². The third-order valence-electron chi connectivity index (χ3n) is 1.43. The van der Waals surface area contributed by atoms with Crippen molar-refractivity contribution in [2.75, 3.05) is 11.9 Å². The van der Waals surface area contributed by atoms with Gasteiger partial charge in [0.2, 0.25) is 0 Å². The molecular formula is C7H6ClF2N3O2. The van der Waals surface area contributed by atoms with E-state index >= 15 is 0 Å². The number of halogens is 3. The predicted octanol–water partition coefficient (Wildman–Crippen LogP) is 2.32. The van der Waals surface area contributed by atoms with Crippen LogP contribution >= 0.6 is 11.6 Å². The smallest absolute Gasteiger partial charge is 0.276 e. The van der Waals surface area contributed by atoms with Crippen LogP contribution in [0.5, 0.6) is 0 Å². The molecule has 0 spiro atoms. The molecule has 0 saturated heterocycles. The first kappa shape index (κ1) is 11.6. The van der Waals surface area contributed by atoms with E-state index in [0.29, 0.717) is 0 Å². The molecule has 0 saturated carbocycles. The highest BCUT2D eigenvalue weighted by molar-refractivity contribution is 6.29. The lowest BCUT2D eigenvalue weighted by Gasteiger charge is -2.04. The monoisotopic (exact) mass is 237 g/mol. The molecule has 0 aromatic carbocycles. The molecule has 5 nitrogen and oxygen atoms in total. The molecule has 0 aliphatic heterocycles. The molecule has 82 valence electrons. The Balaban J connectivity index is 2.84. The zero-order chi connectivity index (χ0) is 11.4. The highest BCUT2D eigenvalue weighted by Crippen LogP contribution is 2.20. The Kier molecular flexibility index (Phi) is 3.73. The van der Waals surface area contributed by atoms with E-state index in [4.69, 9.17) is 11.6 Å². The van der Waals surface area contributed by atoms with Gasteiger partial charge in [0.1, 0.15) is 11.0 Å². The number of nitro groups is 1. The number of pyridine rings is 1. The van der Waals surface area contributed by atoms with Crippen molar-refractivity contribution in [2.45, 2.75) is 6.43 Å². The lowest BCUT2D eigenvalue weighted by Crippen LogP contribution is -2.11. The van der Waals surface area contributed by atoms with Crippen molar-refractivity contribution in [1.29, 1.82) is 0 Å². The number of aromatic nitrogens is 1. The van der Waals surface area contributed by atoms with Crippen molar-refractivity contribution < 1.29 is 13.7 Å². The van der Waals surface area contributed by atoms with Crippen LogP contribution in [-0.2, 0) is 0 Å². The summed E-state index contributed by atoms with van der Waals surface area (Å²) >= 11 is 5.47. The summed E-state index contributed by atoms with van der Waals surface area (Å²) in [6.07, 6.45) is -2.56. The molecule has 0 atom stereocenters. The molecule has 0 fully saturated rings. The second kappa shape index (κ2) is 4.83. The van der Waals surface area contributed by atoms with E-state index in [2.05, 4.69) is 10.3 Å². The topological polar surface area (TPSA) is 68.1 Å². The molecule has 0 bridgehead atoms. The van der Waals surface area contributed by atoms with Gasteiger partial charge in [0, 0.05) is 0 Å². The Morgan fingerprint density at radius 3 is 2.80 bits per heavy atom. The normalized spacial score (nSPS) is 10.4. The van der Waals surface area contributed by atoms with E-state index < -0.39 is 17.9 Å². The van der Waals surface area contributed by atoms with Gasteiger partial charge in [-0.05, 0) is 0 Å². The van der Waals surface area contributed by atoms with Gasteiger partial charge < -0.3 is 5.32 Å². The molecule has 1 rings (SSSR count). The number of hydrogen-bond donors (Lipinski definition) is 1.